The summed E-state index contributed by atoms with van der Waals surface area (Å²) < 4.78 is 11.4. The normalized spacial score (nSPS) is 11.0. The van der Waals surface area contributed by atoms with Crippen LogP contribution in [0.15, 0.2) is 78.9 Å². The molecule has 31 heavy (non-hydrogen) atoms. The number of pyridine rings is 1. The highest BCUT2D eigenvalue weighted by atomic mass is 16.6. The van der Waals surface area contributed by atoms with Crippen LogP contribution in [0.4, 0.5) is 5.69 Å². The van der Waals surface area contributed by atoms with Crippen molar-refractivity contribution >= 4 is 28.7 Å². The molecule has 0 aliphatic carbocycles. The Balaban J connectivity index is 1.56. The molecule has 6 heteroatoms. The van der Waals surface area contributed by atoms with Gasteiger partial charge in [0.05, 0.1) is 28.6 Å². The van der Waals surface area contributed by atoms with Gasteiger partial charge in [0.15, 0.2) is 11.5 Å². The van der Waals surface area contributed by atoms with Crippen molar-refractivity contribution in [1.82, 2.24) is 4.98 Å². The van der Waals surface area contributed by atoms with Gasteiger partial charge in [-0.25, -0.2) is 4.98 Å². The topological polar surface area (TPSA) is 74.5 Å². The van der Waals surface area contributed by atoms with E-state index in [0.29, 0.717) is 34.7 Å². The van der Waals surface area contributed by atoms with Crippen LogP contribution >= 0.6 is 0 Å². The van der Waals surface area contributed by atoms with Gasteiger partial charge in [-0.05, 0) is 47.5 Å². The molecule has 0 N–H and O–H groups in total. The summed E-state index contributed by atoms with van der Waals surface area (Å²) in [5, 5.41) is 11.7. The minimum absolute atomic E-state index is 0.0518. The third kappa shape index (κ3) is 4.70. The molecule has 1 aromatic heterocycles. The molecule has 0 aliphatic heterocycles. The number of fused-ring (bicyclic) bond motifs is 1. The van der Waals surface area contributed by atoms with Gasteiger partial charge in [0.2, 0.25) is 0 Å². The van der Waals surface area contributed by atoms with Crippen LogP contribution in [0, 0.1) is 10.1 Å². The first kappa shape index (κ1) is 20.1. The van der Waals surface area contributed by atoms with Crippen molar-refractivity contribution in [3.05, 3.63) is 106 Å². The molecule has 4 aromatic rings. The van der Waals surface area contributed by atoms with E-state index in [4.69, 9.17) is 9.47 Å². The summed E-state index contributed by atoms with van der Waals surface area (Å²) in [6, 6.07) is 24.0. The molecule has 0 bridgehead atoms. The van der Waals surface area contributed by atoms with Crippen molar-refractivity contribution in [1.29, 1.82) is 0 Å². The van der Waals surface area contributed by atoms with E-state index < -0.39 is 4.92 Å². The summed E-state index contributed by atoms with van der Waals surface area (Å²) in [5.41, 5.74) is 3.33. The van der Waals surface area contributed by atoms with Gasteiger partial charge < -0.3 is 9.47 Å². The van der Waals surface area contributed by atoms with Gasteiger partial charge in [0.1, 0.15) is 6.61 Å². The van der Waals surface area contributed by atoms with Gasteiger partial charge in [0, 0.05) is 6.07 Å². The number of aromatic nitrogens is 1. The predicted molar refractivity (Wildman–Crippen MR) is 121 cm³/mol. The van der Waals surface area contributed by atoms with Crippen LogP contribution in [0.25, 0.3) is 23.1 Å². The summed E-state index contributed by atoms with van der Waals surface area (Å²) in [7, 11) is 1.61. The Hall–Kier alpha value is -4.19. The minimum Gasteiger partial charge on any atom is -0.493 e. The van der Waals surface area contributed by atoms with Gasteiger partial charge in [-0.3, -0.25) is 10.1 Å². The Morgan fingerprint density at radius 3 is 2.55 bits per heavy atom. The van der Waals surface area contributed by atoms with Gasteiger partial charge in [0.25, 0.3) is 5.69 Å². The van der Waals surface area contributed by atoms with Gasteiger partial charge >= 0.3 is 0 Å². The second kappa shape index (κ2) is 9.09. The molecule has 1 heterocycles. The number of benzene rings is 3. The monoisotopic (exact) mass is 412 g/mol. The van der Waals surface area contributed by atoms with E-state index in [1.165, 1.54) is 6.07 Å². The summed E-state index contributed by atoms with van der Waals surface area (Å²) in [5.74, 6) is 1.31. The number of rotatable bonds is 7. The molecule has 154 valence electrons. The lowest BCUT2D eigenvalue weighted by Gasteiger charge is -2.11. The Morgan fingerprint density at radius 2 is 1.77 bits per heavy atom. The van der Waals surface area contributed by atoms with E-state index in [-0.39, 0.29) is 5.69 Å². The molecule has 4 rings (SSSR count). The number of nitro groups is 1. The first-order valence-electron chi connectivity index (χ1n) is 9.71. The van der Waals surface area contributed by atoms with Crippen molar-refractivity contribution in [2.45, 2.75) is 6.61 Å². The van der Waals surface area contributed by atoms with Crippen molar-refractivity contribution in [3.8, 4) is 11.5 Å². The fourth-order valence-electron chi connectivity index (χ4n) is 3.23. The smallest absolute Gasteiger partial charge is 0.278 e. The van der Waals surface area contributed by atoms with Crippen LogP contribution in [0.5, 0.6) is 11.5 Å². The third-order valence-corrected chi connectivity index (χ3v) is 4.80. The zero-order valence-corrected chi connectivity index (χ0v) is 16.9. The Labute approximate surface area is 179 Å². The number of non-ortho nitro benzene ring substituents is 1. The second-order valence-corrected chi connectivity index (χ2v) is 6.85. The fourth-order valence-corrected chi connectivity index (χ4v) is 3.23. The molecule has 0 atom stereocenters. The molecule has 0 saturated heterocycles. The average molecular weight is 412 g/mol. The number of hydrogen-bond donors (Lipinski definition) is 0. The molecule has 0 unspecified atom stereocenters. The highest BCUT2D eigenvalue weighted by Crippen LogP contribution is 2.30. The third-order valence-electron chi connectivity index (χ3n) is 4.80. The van der Waals surface area contributed by atoms with Crippen LogP contribution in [0.3, 0.4) is 0 Å². The van der Waals surface area contributed by atoms with Gasteiger partial charge in [-0.15, -0.1) is 0 Å². The Morgan fingerprint density at radius 1 is 0.935 bits per heavy atom. The lowest BCUT2D eigenvalue weighted by Crippen LogP contribution is -1.97. The van der Waals surface area contributed by atoms with Gasteiger partial charge in [-0.2, -0.15) is 0 Å². The highest BCUT2D eigenvalue weighted by molar-refractivity contribution is 5.89. The summed E-state index contributed by atoms with van der Waals surface area (Å²) >= 11 is 0. The largest absolute Gasteiger partial charge is 0.493 e. The van der Waals surface area contributed by atoms with Crippen LogP contribution in [0.1, 0.15) is 16.8 Å². The molecule has 3 aromatic carbocycles. The maximum atomic E-state index is 11.2. The molecule has 0 saturated carbocycles. The number of hydrogen-bond acceptors (Lipinski definition) is 5. The number of methoxy groups -OCH3 is 1. The second-order valence-electron chi connectivity index (χ2n) is 6.85. The molecule has 0 spiro atoms. The van der Waals surface area contributed by atoms with E-state index in [9.17, 15) is 10.1 Å². The standard InChI is InChI=1S/C25H20N2O4/c1-30-24-15-11-18(16-25(24)31-17-19-6-3-2-4-7-19)10-12-20-13-14-21-22(26-20)8-5-9-23(21)27(28)29/h2-16H,17H2,1H3. The number of nitrogens with zero attached hydrogens (tertiary/aromatic N) is 2. The zero-order chi connectivity index (χ0) is 21.6. The van der Waals surface area contributed by atoms with Crippen LogP contribution < -0.4 is 9.47 Å². The Kier molecular flexibility index (Phi) is 5.89. The quantitative estimate of drug-likeness (QED) is 0.279. The average Bonchev–Trinajstić information content (AvgIpc) is 2.81. The number of ether oxygens (including phenoxy) is 2. The van der Waals surface area contributed by atoms with E-state index >= 15 is 0 Å². The lowest BCUT2D eigenvalue weighted by atomic mass is 10.1. The maximum Gasteiger partial charge on any atom is 0.278 e. The molecule has 0 aliphatic rings. The highest BCUT2D eigenvalue weighted by Gasteiger charge is 2.11. The summed E-state index contributed by atoms with van der Waals surface area (Å²) in [6.07, 6.45) is 3.78. The molecular weight excluding hydrogens is 392 g/mol. The molecule has 0 radical (unpaired) electrons. The fraction of sp³-hybridized carbons (Fsp3) is 0.0800. The Bertz CT molecular complexity index is 1250. The van der Waals surface area contributed by atoms with Crippen molar-refractivity contribution < 1.29 is 14.4 Å². The summed E-state index contributed by atoms with van der Waals surface area (Å²) in [4.78, 5) is 15.3. The zero-order valence-electron chi connectivity index (χ0n) is 16.9. The molecule has 0 amide bonds. The van der Waals surface area contributed by atoms with Crippen molar-refractivity contribution in [3.63, 3.8) is 0 Å². The van der Waals surface area contributed by atoms with E-state index in [0.717, 1.165) is 11.1 Å². The minimum atomic E-state index is -0.395. The first-order valence-corrected chi connectivity index (χ1v) is 9.71. The van der Waals surface area contributed by atoms with Crippen LogP contribution in [0.2, 0.25) is 0 Å². The first-order chi connectivity index (χ1) is 15.1. The van der Waals surface area contributed by atoms with Gasteiger partial charge in [-0.1, -0.05) is 48.5 Å². The van der Waals surface area contributed by atoms with Crippen LogP contribution in [-0.2, 0) is 6.61 Å². The molecular formula is C25H20N2O4. The van der Waals surface area contributed by atoms with E-state index in [2.05, 4.69) is 4.98 Å². The van der Waals surface area contributed by atoms with Crippen molar-refractivity contribution in [2.75, 3.05) is 7.11 Å². The summed E-state index contributed by atoms with van der Waals surface area (Å²) in [6.45, 7) is 0.440. The van der Waals surface area contributed by atoms with E-state index in [1.54, 1.807) is 31.4 Å². The van der Waals surface area contributed by atoms with E-state index in [1.807, 2.05) is 60.7 Å². The predicted octanol–water partition coefficient (Wildman–Crippen LogP) is 5.90. The molecule has 6 nitrogen and oxygen atoms in total. The number of nitro benzene ring substituents is 1. The van der Waals surface area contributed by atoms with Crippen molar-refractivity contribution in [2.24, 2.45) is 0 Å². The van der Waals surface area contributed by atoms with Crippen LogP contribution in [-0.4, -0.2) is 17.0 Å². The SMILES string of the molecule is COc1ccc(C=Cc2ccc3c([N+](=O)[O-])cccc3n2)cc1OCc1ccccc1. The molecule has 0 fully saturated rings. The lowest BCUT2D eigenvalue weighted by molar-refractivity contribution is -0.383. The maximum absolute atomic E-state index is 11.2.